The summed E-state index contributed by atoms with van der Waals surface area (Å²) in [6.45, 7) is 1.02. The van der Waals surface area contributed by atoms with Crippen LogP contribution in [0.3, 0.4) is 0 Å². The van der Waals surface area contributed by atoms with Crippen LogP contribution in [0, 0.1) is 0 Å². The van der Waals surface area contributed by atoms with Gasteiger partial charge in [0.05, 0.1) is 13.2 Å². The van der Waals surface area contributed by atoms with E-state index in [1.165, 1.54) is 5.57 Å². The molecule has 0 aliphatic carbocycles. The second kappa shape index (κ2) is 5.30. The number of hydrogen-bond donors (Lipinski definition) is 1. The van der Waals surface area contributed by atoms with Gasteiger partial charge in [-0.25, -0.2) is 0 Å². The predicted octanol–water partition coefficient (Wildman–Crippen LogP) is 2.41. The van der Waals surface area contributed by atoms with E-state index in [0.29, 0.717) is 13.2 Å². The average molecular weight is 287 g/mol. The number of nitrogens with two attached hydrogens (primary N) is 1. The lowest BCUT2D eigenvalue weighted by Gasteiger charge is -2.39. The summed E-state index contributed by atoms with van der Waals surface area (Å²) >= 11 is 0. The monoisotopic (exact) mass is 287 g/mol. The molecule has 0 fully saturated rings. The minimum atomic E-state index is -0.498. The summed E-state index contributed by atoms with van der Waals surface area (Å²) in [5, 5.41) is 0. The van der Waals surface area contributed by atoms with E-state index >= 15 is 0 Å². The fraction of sp³-hybridized carbons (Fsp3) is 0.412. The van der Waals surface area contributed by atoms with Crippen LogP contribution in [0.25, 0.3) is 5.57 Å². The van der Waals surface area contributed by atoms with Crippen molar-refractivity contribution < 1.29 is 14.2 Å². The molecular weight excluding hydrogens is 266 g/mol. The van der Waals surface area contributed by atoms with Crippen molar-refractivity contribution in [3.8, 4) is 0 Å². The first-order valence-corrected chi connectivity index (χ1v) is 7.06. The quantitative estimate of drug-likeness (QED) is 0.667. The van der Waals surface area contributed by atoms with E-state index < -0.39 is 11.2 Å². The summed E-state index contributed by atoms with van der Waals surface area (Å²) in [5.41, 5.74) is 8.04. The second-order valence-electron chi connectivity index (χ2n) is 5.79. The van der Waals surface area contributed by atoms with Gasteiger partial charge in [0.25, 0.3) is 0 Å². The molecule has 4 nitrogen and oxygen atoms in total. The molecule has 0 aromatic heterocycles. The third-order valence-electron chi connectivity index (χ3n) is 4.01. The van der Waals surface area contributed by atoms with Crippen LogP contribution in [0.5, 0.6) is 0 Å². The summed E-state index contributed by atoms with van der Waals surface area (Å²) in [6.07, 6.45) is 7.13. The fourth-order valence-corrected chi connectivity index (χ4v) is 3.18. The molecule has 0 amide bonds. The first-order chi connectivity index (χ1) is 10.1. The van der Waals surface area contributed by atoms with Crippen molar-refractivity contribution in [2.75, 3.05) is 33.2 Å². The Hall–Kier alpha value is -1.62. The highest BCUT2D eigenvalue weighted by molar-refractivity contribution is 5.71. The number of ether oxygens (including phenoxy) is 3. The molecule has 3 rings (SSSR count). The van der Waals surface area contributed by atoms with E-state index in [2.05, 4.69) is 18.2 Å². The molecule has 112 valence electrons. The maximum absolute atomic E-state index is 6.27. The van der Waals surface area contributed by atoms with Gasteiger partial charge >= 0.3 is 0 Å². The Balaban J connectivity index is 1.98. The van der Waals surface area contributed by atoms with Gasteiger partial charge in [0.2, 0.25) is 0 Å². The Morgan fingerprint density at radius 3 is 2.48 bits per heavy atom. The van der Waals surface area contributed by atoms with Crippen molar-refractivity contribution in [2.45, 2.75) is 17.6 Å². The number of rotatable bonds is 5. The van der Waals surface area contributed by atoms with Crippen molar-refractivity contribution >= 4 is 11.3 Å². The largest absolute Gasteiger partial charge is 0.399 e. The van der Waals surface area contributed by atoms with E-state index in [1.807, 2.05) is 24.3 Å². The summed E-state index contributed by atoms with van der Waals surface area (Å²) < 4.78 is 17.0. The van der Waals surface area contributed by atoms with Crippen molar-refractivity contribution in [3.63, 3.8) is 0 Å². The molecule has 4 heteroatoms. The van der Waals surface area contributed by atoms with Gasteiger partial charge in [0.15, 0.2) is 0 Å². The molecule has 1 aromatic rings. The molecule has 1 aromatic carbocycles. The summed E-state index contributed by atoms with van der Waals surface area (Å²) in [4.78, 5) is 0. The standard InChI is InChI=1S/C17H21NO3/c1-19-11-16-7-8-17(21-16,12-20-2)10-14(9-16)13-3-5-15(18)6-4-13/h3-9H,10-12,18H2,1-2H3/t16-,17+/m0/s1. The highest BCUT2D eigenvalue weighted by atomic mass is 16.6. The zero-order valence-electron chi connectivity index (χ0n) is 12.5. The Kier molecular flexibility index (Phi) is 3.61. The van der Waals surface area contributed by atoms with Gasteiger partial charge < -0.3 is 19.9 Å². The van der Waals surface area contributed by atoms with E-state index in [0.717, 1.165) is 17.7 Å². The van der Waals surface area contributed by atoms with Crippen LogP contribution >= 0.6 is 0 Å². The van der Waals surface area contributed by atoms with Gasteiger partial charge in [-0.05, 0) is 35.4 Å². The van der Waals surface area contributed by atoms with Gasteiger partial charge in [-0.2, -0.15) is 0 Å². The molecule has 0 saturated heterocycles. The lowest BCUT2D eigenvalue weighted by atomic mass is 9.88. The third kappa shape index (κ3) is 2.62. The van der Waals surface area contributed by atoms with Crippen LogP contribution < -0.4 is 5.73 Å². The van der Waals surface area contributed by atoms with E-state index in [-0.39, 0.29) is 0 Å². The SMILES string of the molecule is COC[C@]12C=C[C@](COC)(CC(c3ccc(N)cc3)=C1)O2. The summed E-state index contributed by atoms with van der Waals surface area (Å²) in [7, 11) is 3.39. The first-order valence-electron chi connectivity index (χ1n) is 7.06. The normalized spacial score (nSPS) is 30.5. The molecule has 0 saturated carbocycles. The third-order valence-corrected chi connectivity index (χ3v) is 4.01. The van der Waals surface area contributed by atoms with Crippen molar-refractivity contribution in [1.82, 2.24) is 0 Å². The number of hydrogen-bond acceptors (Lipinski definition) is 4. The van der Waals surface area contributed by atoms with Crippen LogP contribution in [0.1, 0.15) is 12.0 Å². The van der Waals surface area contributed by atoms with Crippen molar-refractivity contribution in [2.24, 2.45) is 0 Å². The minimum absolute atomic E-state index is 0.404. The number of methoxy groups -OCH3 is 2. The number of nitrogen functional groups attached to an aromatic ring is 1. The molecule has 0 radical (unpaired) electrons. The molecule has 2 aliphatic rings. The number of benzene rings is 1. The fourth-order valence-electron chi connectivity index (χ4n) is 3.18. The molecule has 2 bridgehead atoms. The highest BCUT2D eigenvalue weighted by Crippen LogP contribution is 2.45. The van der Waals surface area contributed by atoms with Gasteiger partial charge in [-0.1, -0.05) is 18.2 Å². The minimum Gasteiger partial charge on any atom is -0.399 e. The molecule has 2 heterocycles. The Morgan fingerprint density at radius 2 is 1.81 bits per heavy atom. The average Bonchev–Trinajstić information content (AvgIpc) is 2.71. The molecule has 2 aliphatic heterocycles. The Morgan fingerprint density at radius 1 is 1.10 bits per heavy atom. The number of anilines is 1. The molecule has 0 unspecified atom stereocenters. The lowest BCUT2D eigenvalue weighted by Crippen LogP contribution is -2.44. The Bertz CT molecular complexity index is 578. The van der Waals surface area contributed by atoms with E-state index in [1.54, 1.807) is 14.2 Å². The van der Waals surface area contributed by atoms with E-state index in [4.69, 9.17) is 19.9 Å². The zero-order chi connectivity index (χ0) is 14.9. The molecule has 0 spiro atoms. The number of fused-ring (bicyclic) bond motifs is 2. The second-order valence-corrected chi connectivity index (χ2v) is 5.79. The first kappa shape index (κ1) is 14.3. The molecular formula is C17H21NO3. The summed E-state index contributed by atoms with van der Waals surface area (Å²) in [5.74, 6) is 0. The highest BCUT2D eigenvalue weighted by Gasteiger charge is 2.48. The van der Waals surface area contributed by atoms with Crippen LogP contribution in [0.4, 0.5) is 5.69 Å². The van der Waals surface area contributed by atoms with Crippen LogP contribution in [0.15, 0.2) is 42.5 Å². The van der Waals surface area contributed by atoms with Gasteiger partial charge in [0.1, 0.15) is 11.2 Å². The Labute approximate surface area is 125 Å². The molecule has 21 heavy (non-hydrogen) atoms. The topological polar surface area (TPSA) is 53.7 Å². The molecule has 2 atom stereocenters. The smallest absolute Gasteiger partial charge is 0.130 e. The van der Waals surface area contributed by atoms with Gasteiger partial charge in [-0.3, -0.25) is 0 Å². The van der Waals surface area contributed by atoms with Gasteiger partial charge in [0, 0.05) is 26.3 Å². The van der Waals surface area contributed by atoms with Gasteiger partial charge in [-0.15, -0.1) is 0 Å². The van der Waals surface area contributed by atoms with Crippen molar-refractivity contribution in [3.05, 3.63) is 48.1 Å². The summed E-state index contributed by atoms with van der Waals surface area (Å²) in [6, 6.07) is 7.94. The predicted molar refractivity (Wildman–Crippen MR) is 82.9 cm³/mol. The van der Waals surface area contributed by atoms with Crippen LogP contribution in [-0.4, -0.2) is 38.6 Å². The maximum Gasteiger partial charge on any atom is 0.130 e. The molecule has 2 N–H and O–H groups in total. The van der Waals surface area contributed by atoms with E-state index in [9.17, 15) is 0 Å². The van der Waals surface area contributed by atoms with Crippen LogP contribution in [-0.2, 0) is 14.2 Å². The van der Waals surface area contributed by atoms with Crippen molar-refractivity contribution in [1.29, 1.82) is 0 Å². The maximum atomic E-state index is 6.27. The van der Waals surface area contributed by atoms with Crippen LogP contribution in [0.2, 0.25) is 0 Å². The zero-order valence-corrected chi connectivity index (χ0v) is 12.5. The lowest BCUT2D eigenvalue weighted by molar-refractivity contribution is -0.120.